The van der Waals surface area contributed by atoms with Crippen LogP contribution in [0.1, 0.15) is 27.2 Å². The molecule has 0 aliphatic rings. The molecule has 0 N–H and O–H groups in total. The minimum Gasteiger partial charge on any atom is -0.288 e. The number of pyridine rings is 1. The summed E-state index contributed by atoms with van der Waals surface area (Å²) in [6, 6.07) is 9.63. The quantitative estimate of drug-likeness (QED) is 0.503. The van der Waals surface area contributed by atoms with Gasteiger partial charge in [0.05, 0.1) is 16.3 Å². The molecule has 0 aliphatic carbocycles. The van der Waals surface area contributed by atoms with Crippen molar-refractivity contribution < 1.29 is 4.79 Å². The summed E-state index contributed by atoms with van der Waals surface area (Å²) in [5, 5.41) is 2.79. The van der Waals surface area contributed by atoms with Gasteiger partial charge >= 0.3 is 0 Å². The van der Waals surface area contributed by atoms with Crippen molar-refractivity contribution in [3.05, 3.63) is 63.4 Å². The normalized spacial score (nSPS) is 11.1. The van der Waals surface area contributed by atoms with E-state index in [4.69, 9.17) is 0 Å². The molecule has 22 heavy (non-hydrogen) atoms. The predicted octanol–water partition coefficient (Wildman–Crippen LogP) is 4.73. The maximum absolute atomic E-state index is 12.1. The van der Waals surface area contributed by atoms with Gasteiger partial charge in [-0.1, -0.05) is 13.0 Å². The Bertz CT molecular complexity index is 803. The minimum absolute atomic E-state index is 0.0251. The van der Waals surface area contributed by atoms with Gasteiger partial charge in [0, 0.05) is 16.5 Å². The van der Waals surface area contributed by atoms with Crippen molar-refractivity contribution in [1.82, 2.24) is 9.97 Å². The van der Waals surface area contributed by atoms with Gasteiger partial charge in [0.25, 0.3) is 0 Å². The lowest BCUT2D eigenvalue weighted by Crippen LogP contribution is -1.89. The van der Waals surface area contributed by atoms with E-state index in [2.05, 4.69) is 16.9 Å². The SMILES string of the molecule is CCc1ccc(C(=O)/C=C/c2csc(-c3ccccn3)n2)s1. The molecule has 3 rings (SSSR count). The molecule has 0 saturated carbocycles. The fourth-order valence-electron chi connectivity index (χ4n) is 1.91. The van der Waals surface area contributed by atoms with Crippen LogP contribution in [0.4, 0.5) is 0 Å². The number of hydrogen-bond acceptors (Lipinski definition) is 5. The monoisotopic (exact) mass is 326 g/mol. The zero-order valence-electron chi connectivity index (χ0n) is 12.0. The van der Waals surface area contributed by atoms with Gasteiger partial charge in [-0.3, -0.25) is 9.78 Å². The summed E-state index contributed by atoms with van der Waals surface area (Å²) >= 11 is 3.07. The van der Waals surface area contributed by atoms with E-state index in [1.54, 1.807) is 29.7 Å². The van der Waals surface area contributed by atoms with Crippen LogP contribution in [-0.4, -0.2) is 15.8 Å². The Kier molecular flexibility index (Phi) is 4.56. The van der Waals surface area contributed by atoms with Gasteiger partial charge in [0.2, 0.25) is 0 Å². The number of nitrogens with zero attached hydrogens (tertiary/aromatic N) is 2. The van der Waals surface area contributed by atoms with Crippen LogP contribution in [-0.2, 0) is 6.42 Å². The predicted molar refractivity (Wildman–Crippen MR) is 92.4 cm³/mol. The number of carbonyl (C=O) groups is 1. The molecule has 3 aromatic rings. The third-order valence-corrected chi connectivity index (χ3v) is 5.19. The molecular weight excluding hydrogens is 312 g/mol. The molecule has 3 heterocycles. The highest BCUT2D eigenvalue weighted by atomic mass is 32.1. The number of rotatable bonds is 5. The molecule has 0 fully saturated rings. The molecule has 0 radical (unpaired) electrons. The van der Waals surface area contributed by atoms with E-state index in [1.165, 1.54) is 16.2 Å². The highest BCUT2D eigenvalue weighted by Crippen LogP contribution is 2.22. The summed E-state index contributed by atoms with van der Waals surface area (Å²) in [5.41, 5.74) is 1.63. The third kappa shape index (κ3) is 3.37. The molecular formula is C17H14N2OS2. The Morgan fingerprint density at radius 1 is 1.27 bits per heavy atom. The van der Waals surface area contributed by atoms with Gasteiger partial charge in [-0.2, -0.15) is 0 Å². The van der Waals surface area contributed by atoms with Crippen molar-refractivity contribution in [3.8, 4) is 10.7 Å². The van der Waals surface area contributed by atoms with Crippen LogP contribution in [0.25, 0.3) is 16.8 Å². The third-order valence-electron chi connectivity index (χ3n) is 3.06. The summed E-state index contributed by atoms with van der Waals surface area (Å²) < 4.78 is 0. The zero-order valence-corrected chi connectivity index (χ0v) is 13.7. The van der Waals surface area contributed by atoms with Crippen molar-refractivity contribution in [2.75, 3.05) is 0 Å². The van der Waals surface area contributed by atoms with Gasteiger partial charge < -0.3 is 0 Å². The maximum atomic E-state index is 12.1. The van der Waals surface area contributed by atoms with Gasteiger partial charge in [0.15, 0.2) is 5.78 Å². The minimum atomic E-state index is 0.0251. The van der Waals surface area contributed by atoms with E-state index in [0.717, 1.165) is 27.7 Å². The summed E-state index contributed by atoms with van der Waals surface area (Å²) in [6.07, 6.45) is 6.05. The second kappa shape index (κ2) is 6.77. The van der Waals surface area contributed by atoms with Crippen molar-refractivity contribution in [2.45, 2.75) is 13.3 Å². The Labute approximate surface area is 137 Å². The van der Waals surface area contributed by atoms with Gasteiger partial charge in [0.1, 0.15) is 5.01 Å². The summed E-state index contributed by atoms with van der Waals surface area (Å²) in [6.45, 7) is 2.09. The van der Waals surface area contributed by atoms with E-state index in [-0.39, 0.29) is 5.78 Å². The number of hydrogen-bond donors (Lipinski definition) is 0. The fraction of sp³-hybridized carbons (Fsp3) is 0.118. The number of carbonyl (C=O) groups excluding carboxylic acids is 1. The van der Waals surface area contributed by atoms with E-state index in [9.17, 15) is 4.79 Å². The molecule has 0 spiro atoms. The second-order valence-electron chi connectivity index (χ2n) is 4.61. The average Bonchev–Trinajstić information content (AvgIpc) is 3.22. The zero-order chi connectivity index (χ0) is 15.4. The van der Waals surface area contributed by atoms with Crippen LogP contribution in [0.3, 0.4) is 0 Å². The highest BCUT2D eigenvalue weighted by Gasteiger charge is 2.07. The summed E-state index contributed by atoms with van der Waals surface area (Å²) in [7, 11) is 0. The first-order valence-electron chi connectivity index (χ1n) is 6.94. The van der Waals surface area contributed by atoms with Crippen molar-refractivity contribution >= 4 is 34.5 Å². The van der Waals surface area contributed by atoms with Crippen LogP contribution in [0, 0.1) is 0 Å². The molecule has 110 valence electrons. The first-order chi connectivity index (χ1) is 10.8. The molecule has 0 unspecified atom stereocenters. The number of aryl methyl sites for hydroxylation is 1. The largest absolute Gasteiger partial charge is 0.288 e. The number of allylic oxidation sites excluding steroid dienone is 1. The second-order valence-corrected chi connectivity index (χ2v) is 6.64. The van der Waals surface area contributed by atoms with E-state index in [1.807, 2.05) is 35.7 Å². The van der Waals surface area contributed by atoms with E-state index >= 15 is 0 Å². The van der Waals surface area contributed by atoms with Crippen LogP contribution in [0.5, 0.6) is 0 Å². The lowest BCUT2D eigenvalue weighted by molar-refractivity contribution is 0.105. The van der Waals surface area contributed by atoms with Crippen LogP contribution < -0.4 is 0 Å². The van der Waals surface area contributed by atoms with Gasteiger partial charge in [-0.25, -0.2) is 4.98 Å². The molecule has 5 heteroatoms. The van der Waals surface area contributed by atoms with Gasteiger partial charge in [-0.15, -0.1) is 22.7 Å². The molecule has 3 aromatic heterocycles. The number of thiazole rings is 1. The van der Waals surface area contributed by atoms with Gasteiger partial charge in [-0.05, 0) is 42.8 Å². The molecule has 0 aliphatic heterocycles. The standard InChI is InChI=1S/C17H14N2OS2/c1-2-13-7-9-16(22-13)15(20)8-6-12-11-21-17(19-12)14-5-3-4-10-18-14/h3-11H,2H2,1H3/b8-6+. The summed E-state index contributed by atoms with van der Waals surface area (Å²) in [5.74, 6) is 0.0251. The molecule has 0 bridgehead atoms. The lowest BCUT2D eigenvalue weighted by atomic mass is 10.2. The molecule has 3 nitrogen and oxygen atoms in total. The lowest BCUT2D eigenvalue weighted by Gasteiger charge is -1.92. The topological polar surface area (TPSA) is 42.9 Å². The Hall–Kier alpha value is -2.11. The smallest absolute Gasteiger partial charge is 0.195 e. The van der Waals surface area contributed by atoms with E-state index < -0.39 is 0 Å². The molecule has 0 amide bonds. The number of aromatic nitrogens is 2. The maximum Gasteiger partial charge on any atom is 0.195 e. The number of thiophene rings is 1. The first-order valence-corrected chi connectivity index (χ1v) is 8.64. The fourth-order valence-corrected chi connectivity index (χ4v) is 3.54. The van der Waals surface area contributed by atoms with Crippen molar-refractivity contribution in [1.29, 1.82) is 0 Å². The van der Waals surface area contributed by atoms with E-state index in [0.29, 0.717) is 0 Å². The molecule has 0 saturated heterocycles. The Morgan fingerprint density at radius 2 is 2.18 bits per heavy atom. The average molecular weight is 326 g/mol. The Morgan fingerprint density at radius 3 is 2.91 bits per heavy atom. The van der Waals surface area contributed by atoms with Crippen LogP contribution in [0.2, 0.25) is 0 Å². The van der Waals surface area contributed by atoms with Crippen LogP contribution >= 0.6 is 22.7 Å². The summed E-state index contributed by atoms with van der Waals surface area (Å²) in [4.78, 5) is 22.9. The Balaban J connectivity index is 1.73. The van der Waals surface area contributed by atoms with Crippen molar-refractivity contribution in [2.24, 2.45) is 0 Å². The highest BCUT2D eigenvalue weighted by molar-refractivity contribution is 7.14. The molecule has 0 aromatic carbocycles. The van der Waals surface area contributed by atoms with Crippen LogP contribution in [0.15, 0.2) is 48.0 Å². The number of ketones is 1. The first kappa shape index (κ1) is 14.8. The molecule has 0 atom stereocenters. The van der Waals surface area contributed by atoms with Crippen molar-refractivity contribution in [3.63, 3.8) is 0 Å².